The van der Waals surface area contributed by atoms with Gasteiger partial charge in [-0.25, -0.2) is 4.79 Å². The standard InChI is InChI=1S/C10H11F2NO4/c11-9(12)17-8-4-2-1-3-6(8)7(5-14)13-10(15)16/h1-4,7,9,13-14H,5H2,(H,15,16). The van der Waals surface area contributed by atoms with Gasteiger partial charge < -0.3 is 20.3 Å². The molecule has 0 radical (unpaired) electrons. The molecule has 1 unspecified atom stereocenters. The van der Waals surface area contributed by atoms with Crippen molar-refractivity contribution in [3.63, 3.8) is 0 Å². The number of rotatable bonds is 5. The molecule has 0 aliphatic rings. The summed E-state index contributed by atoms with van der Waals surface area (Å²) in [5.74, 6) is -0.171. The molecule has 0 aliphatic heterocycles. The molecule has 0 bridgehead atoms. The number of aliphatic hydroxyl groups excluding tert-OH is 1. The second kappa shape index (κ2) is 6.00. The highest BCUT2D eigenvalue weighted by atomic mass is 19.3. The number of hydrogen-bond acceptors (Lipinski definition) is 3. The van der Waals surface area contributed by atoms with Crippen molar-refractivity contribution >= 4 is 6.09 Å². The quantitative estimate of drug-likeness (QED) is 0.738. The van der Waals surface area contributed by atoms with Gasteiger partial charge in [-0.2, -0.15) is 8.78 Å². The van der Waals surface area contributed by atoms with Crippen molar-refractivity contribution in [2.45, 2.75) is 12.7 Å². The Hall–Kier alpha value is -1.89. The van der Waals surface area contributed by atoms with E-state index < -0.39 is 25.4 Å². The van der Waals surface area contributed by atoms with Crippen LogP contribution in [-0.2, 0) is 0 Å². The molecule has 0 aliphatic carbocycles. The fourth-order valence-electron chi connectivity index (χ4n) is 1.34. The summed E-state index contributed by atoms with van der Waals surface area (Å²) < 4.78 is 28.5. The van der Waals surface area contributed by atoms with E-state index in [0.717, 1.165) is 0 Å². The largest absolute Gasteiger partial charge is 0.465 e. The molecule has 1 aromatic rings. The predicted molar refractivity (Wildman–Crippen MR) is 54.1 cm³/mol. The molecular weight excluding hydrogens is 236 g/mol. The number of carbonyl (C=O) groups is 1. The van der Waals surface area contributed by atoms with E-state index in [4.69, 9.17) is 10.2 Å². The molecule has 0 saturated heterocycles. The topological polar surface area (TPSA) is 78.8 Å². The van der Waals surface area contributed by atoms with E-state index in [1.807, 2.05) is 5.32 Å². The Kier molecular flexibility index (Phi) is 4.65. The lowest BCUT2D eigenvalue weighted by Gasteiger charge is -2.18. The van der Waals surface area contributed by atoms with Crippen LogP contribution in [0.15, 0.2) is 24.3 Å². The summed E-state index contributed by atoms with van der Waals surface area (Å²) in [6.45, 7) is -3.57. The molecule has 1 amide bonds. The molecule has 0 fully saturated rings. The summed E-state index contributed by atoms with van der Waals surface area (Å²) in [6.07, 6.45) is -1.36. The zero-order valence-electron chi connectivity index (χ0n) is 8.64. The van der Waals surface area contributed by atoms with Crippen LogP contribution in [0, 0.1) is 0 Å². The minimum absolute atomic E-state index is 0.151. The Balaban J connectivity index is 2.96. The van der Waals surface area contributed by atoms with Crippen LogP contribution >= 0.6 is 0 Å². The first-order chi connectivity index (χ1) is 8.04. The number of halogens is 2. The van der Waals surface area contributed by atoms with Gasteiger partial charge in [0.25, 0.3) is 0 Å². The fraction of sp³-hybridized carbons (Fsp3) is 0.300. The number of nitrogens with one attached hydrogen (secondary N) is 1. The van der Waals surface area contributed by atoms with Gasteiger partial charge in [-0.05, 0) is 6.07 Å². The number of aliphatic hydroxyl groups is 1. The van der Waals surface area contributed by atoms with Crippen molar-refractivity contribution < 1.29 is 28.5 Å². The highest BCUT2D eigenvalue weighted by Gasteiger charge is 2.18. The van der Waals surface area contributed by atoms with Crippen molar-refractivity contribution in [1.29, 1.82) is 0 Å². The summed E-state index contributed by atoms with van der Waals surface area (Å²) in [5, 5.41) is 19.6. The van der Waals surface area contributed by atoms with Crippen LogP contribution in [0.2, 0.25) is 0 Å². The van der Waals surface area contributed by atoms with Crippen molar-refractivity contribution in [3.05, 3.63) is 29.8 Å². The highest BCUT2D eigenvalue weighted by molar-refractivity contribution is 5.65. The van der Waals surface area contributed by atoms with Crippen LogP contribution in [0.1, 0.15) is 11.6 Å². The molecule has 94 valence electrons. The molecule has 17 heavy (non-hydrogen) atoms. The zero-order valence-corrected chi connectivity index (χ0v) is 8.64. The number of benzene rings is 1. The van der Waals surface area contributed by atoms with E-state index in [9.17, 15) is 13.6 Å². The van der Waals surface area contributed by atoms with Crippen molar-refractivity contribution in [2.75, 3.05) is 6.61 Å². The Morgan fingerprint density at radius 2 is 2.06 bits per heavy atom. The minimum Gasteiger partial charge on any atom is -0.465 e. The van der Waals surface area contributed by atoms with E-state index in [1.165, 1.54) is 24.3 Å². The number of ether oxygens (including phenoxy) is 1. The van der Waals surface area contributed by atoms with Crippen LogP contribution in [0.25, 0.3) is 0 Å². The average molecular weight is 247 g/mol. The second-order valence-corrected chi connectivity index (χ2v) is 3.10. The smallest absolute Gasteiger partial charge is 0.405 e. The van der Waals surface area contributed by atoms with Gasteiger partial charge in [0, 0.05) is 5.56 Å². The highest BCUT2D eigenvalue weighted by Crippen LogP contribution is 2.26. The van der Waals surface area contributed by atoms with Gasteiger partial charge in [-0.15, -0.1) is 0 Å². The lowest BCUT2D eigenvalue weighted by molar-refractivity contribution is -0.0508. The normalized spacial score (nSPS) is 12.2. The molecule has 0 heterocycles. The number of alkyl halides is 2. The first-order valence-corrected chi connectivity index (χ1v) is 4.68. The van der Waals surface area contributed by atoms with Crippen LogP contribution in [0.3, 0.4) is 0 Å². The zero-order chi connectivity index (χ0) is 12.8. The molecular formula is C10H11F2NO4. The van der Waals surface area contributed by atoms with Crippen molar-refractivity contribution in [2.24, 2.45) is 0 Å². The third kappa shape index (κ3) is 3.87. The second-order valence-electron chi connectivity index (χ2n) is 3.10. The van der Waals surface area contributed by atoms with E-state index in [2.05, 4.69) is 4.74 Å². The van der Waals surface area contributed by atoms with E-state index in [0.29, 0.717) is 0 Å². The van der Waals surface area contributed by atoms with Gasteiger partial charge in [0.15, 0.2) is 0 Å². The molecule has 1 rings (SSSR count). The van der Waals surface area contributed by atoms with Gasteiger partial charge in [-0.3, -0.25) is 0 Å². The first kappa shape index (κ1) is 13.2. The predicted octanol–water partition coefficient (Wildman–Crippen LogP) is 1.59. The lowest BCUT2D eigenvalue weighted by Crippen LogP contribution is -2.29. The number of para-hydroxylation sites is 1. The van der Waals surface area contributed by atoms with Crippen molar-refractivity contribution in [3.8, 4) is 5.75 Å². The van der Waals surface area contributed by atoms with Gasteiger partial charge in [0.2, 0.25) is 0 Å². The molecule has 5 nitrogen and oxygen atoms in total. The third-order valence-corrected chi connectivity index (χ3v) is 1.99. The summed E-state index contributed by atoms with van der Waals surface area (Å²) in [7, 11) is 0. The van der Waals surface area contributed by atoms with Gasteiger partial charge >= 0.3 is 12.7 Å². The minimum atomic E-state index is -3.01. The summed E-state index contributed by atoms with van der Waals surface area (Å²) in [5.41, 5.74) is 0.151. The van der Waals surface area contributed by atoms with Crippen LogP contribution in [-0.4, -0.2) is 29.5 Å². The maximum atomic E-state index is 12.1. The summed E-state index contributed by atoms with van der Waals surface area (Å²) in [6, 6.07) is 4.65. The Bertz CT molecular complexity index is 386. The lowest BCUT2D eigenvalue weighted by atomic mass is 10.1. The molecule has 0 spiro atoms. The average Bonchev–Trinajstić information content (AvgIpc) is 2.26. The van der Waals surface area contributed by atoms with Crippen molar-refractivity contribution in [1.82, 2.24) is 5.32 Å². The summed E-state index contributed by atoms with van der Waals surface area (Å²) >= 11 is 0. The van der Waals surface area contributed by atoms with E-state index in [1.54, 1.807) is 0 Å². The Morgan fingerprint density at radius 1 is 1.41 bits per heavy atom. The maximum Gasteiger partial charge on any atom is 0.405 e. The number of hydrogen-bond donors (Lipinski definition) is 3. The van der Waals surface area contributed by atoms with Gasteiger partial charge in [0.05, 0.1) is 12.6 Å². The van der Waals surface area contributed by atoms with Crippen LogP contribution in [0.4, 0.5) is 13.6 Å². The molecule has 1 aromatic carbocycles. The van der Waals surface area contributed by atoms with E-state index in [-0.39, 0.29) is 11.3 Å². The van der Waals surface area contributed by atoms with Gasteiger partial charge in [-0.1, -0.05) is 18.2 Å². The molecule has 0 aromatic heterocycles. The van der Waals surface area contributed by atoms with E-state index >= 15 is 0 Å². The Morgan fingerprint density at radius 3 is 2.59 bits per heavy atom. The summed E-state index contributed by atoms with van der Waals surface area (Å²) in [4.78, 5) is 10.5. The molecule has 3 N–H and O–H groups in total. The SMILES string of the molecule is O=C(O)NC(CO)c1ccccc1OC(F)F. The number of carboxylic acid groups (broad SMARTS) is 1. The van der Waals surface area contributed by atoms with Crippen LogP contribution in [0.5, 0.6) is 5.75 Å². The number of amides is 1. The van der Waals surface area contributed by atoms with Gasteiger partial charge in [0.1, 0.15) is 5.75 Å². The fourth-order valence-corrected chi connectivity index (χ4v) is 1.34. The van der Waals surface area contributed by atoms with Crippen LogP contribution < -0.4 is 10.1 Å². The third-order valence-electron chi connectivity index (χ3n) is 1.99. The molecule has 1 atom stereocenters. The first-order valence-electron chi connectivity index (χ1n) is 4.68. The molecule has 7 heteroatoms. The molecule has 0 saturated carbocycles. The Labute approximate surface area is 95.6 Å². The monoisotopic (exact) mass is 247 g/mol. The maximum absolute atomic E-state index is 12.1.